The lowest BCUT2D eigenvalue weighted by Gasteiger charge is -2.36. The highest BCUT2D eigenvalue weighted by Crippen LogP contribution is 2.49. The summed E-state index contributed by atoms with van der Waals surface area (Å²) in [5.74, 6) is 0.699. The summed E-state index contributed by atoms with van der Waals surface area (Å²) in [5.41, 5.74) is 6.49. The quantitative estimate of drug-likeness (QED) is 0.104. The van der Waals surface area contributed by atoms with E-state index in [0.29, 0.717) is 5.56 Å². The Hall–Kier alpha value is -4.71. The molecule has 0 aliphatic heterocycles. The van der Waals surface area contributed by atoms with Crippen LogP contribution in [-0.4, -0.2) is 34.2 Å². The molecule has 0 spiro atoms. The van der Waals surface area contributed by atoms with Gasteiger partial charge in [0, 0.05) is 10.8 Å². The predicted octanol–water partition coefficient (Wildman–Crippen LogP) is 12.1. The molecular formula is C50H58O6. The van der Waals surface area contributed by atoms with Gasteiger partial charge < -0.3 is 15.3 Å². The topological polar surface area (TPSA) is 112 Å². The Morgan fingerprint density at radius 2 is 0.732 bits per heavy atom. The third-order valence-electron chi connectivity index (χ3n) is 14.1. The van der Waals surface area contributed by atoms with Gasteiger partial charge in [0.2, 0.25) is 0 Å². The summed E-state index contributed by atoms with van der Waals surface area (Å²) in [6, 6.07) is 20.1. The molecule has 0 amide bonds. The minimum absolute atomic E-state index is 0.0495. The Bertz CT molecular complexity index is 1990. The number of phenolic OH excluding ortho intramolecular Hbond substituents is 3. The Morgan fingerprint density at radius 3 is 1.07 bits per heavy atom. The van der Waals surface area contributed by atoms with Crippen LogP contribution < -0.4 is 0 Å². The molecule has 0 aromatic heterocycles. The molecule has 3 saturated carbocycles. The highest BCUT2D eigenvalue weighted by Gasteiger charge is 2.37. The van der Waals surface area contributed by atoms with Crippen molar-refractivity contribution in [2.75, 3.05) is 0 Å². The number of carbonyl (C=O) groups is 3. The summed E-state index contributed by atoms with van der Waals surface area (Å²) in [6.45, 7) is 6.41. The molecule has 0 radical (unpaired) electrons. The van der Waals surface area contributed by atoms with E-state index >= 15 is 0 Å². The van der Waals surface area contributed by atoms with Crippen LogP contribution in [0.1, 0.15) is 210 Å². The summed E-state index contributed by atoms with van der Waals surface area (Å²) in [6.07, 6.45) is 18.1. The third kappa shape index (κ3) is 7.32. The van der Waals surface area contributed by atoms with Crippen molar-refractivity contribution in [1.82, 2.24) is 0 Å². The highest BCUT2D eigenvalue weighted by atomic mass is 16.3. The normalized spacial score (nSPS) is 17.8. The fourth-order valence-corrected chi connectivity index (χ4v) is 10.3. The summed E-state index contributed by atoms with van der Waals surface area (Å²) in [5, 5.41) is 34.0. The van der Waals surface area contributed by atoms with Crippen molar-refractivity contribution >= 4 is 18.9 Å². The van der Waals surface area contributed by atoms with E-state index in [0.717, 1.165) is 153 Å². The van der Waals surface area contributed by atoms with Crippen LogP contribution in [0.3, 0.4) is 0 Å². The lowest BCUT2D eigenvalue weighted by molar-refractivity contribution is 0.111. The molecule has 3 aliphatic rings. The molecule has 4 aromatic carbocycles. The molecule has 4 aromatic rings. The molecule has 3 aliphatic carbocycles. The summed E-state index contributed by atoms with van der Waals surface area (Å²) in [4.78, 5) is 37.5. The Balaban J connectivity index is 1.39. The van der Waals surface area contributed by atoms with Gasteiger partial charge >= 0.3 is 0 Å². The minimum Gasteiger partial charge on any atom is -0.507 e. The van der Waals surface area contributed by atoms with Crippen LogP contribution >= 0.6 is 0 Å². The molecule has 6 heteroatoms. The van der Waals surface area contributed by atoms with Crippen molar-refractivity contribution in [1.29, 1.82) is 0 Å². The average molecular weight is 755 g/mol. The molecule has 0 heterocycles. The van der Waals surface area contributed by atoms with Crippen LogP contribution in [-0.2, 0) is 10.8 Å². The first kappa shape index (κ1) is 39.5. The first-order valence-corrected chi connectivity index (χ1v) is 21.1. The summed E-state index contributed by atoms with van der Waals surface area (Å²) < 4.78 is 0. The van der Waals surface area contributed by atoms with E-state index in [1.807, 2.05) is 6.07 Å². The van der Waals surface area contributed by atoms with E-state index in [1.165, 1.54) is 6.42 Å². The number of benzene rings is 4. The van der Waals surface area contributed by atoms with Gasteiger partial charge in [-0.25, -0.2) is 0 Å². The monoisotopic (exact) mass is 754 g/mol. The number of hydrogen-bond acceptors (Lipinski definition) is 6. The van der Waals surface area contributed by atoms with Crippen LogP contribution in [0.25, 0.3) is 0 Å². The van der Waals surface area contributed by atoms with Crippen molar-refractivity contribution in [3.63, 3.8) is 0 Å². The Morgan fingerprint density at radius 1 is 0.429 bits per heavy atom. The van der Waals surface area contributed by atoms with Gasteiger partial charge in [0.15, 0.2) is 18.9 Å². The van der Waals surface area contributed by atoms with E-state index in [2.05, 4.69) is 63.2 Å². The van der Waals surface area contributed by atoms with Gasteiger partial charge in [-0.15, -0.1) is 0 Å². The molecule has 0 saturated heterocycles. The molecular weight excluding hydrogens is 697 g/mol. The number of hydrogen-bond donors (Lipinski definition) is 3. The van der Waals surface area contributed by atoms with Gasteiger partial charge in [0.1, 0.15) is 17.2 Å². The van der Waals surface area contributed by atoms with Crippen molar-refractivity contribution in [3.05, 3.63) is 122 Å². The molecule has 0 unspecified atom stereocenters. The van der Waals surface area contributed by atoms with Crippen molar-refractivity contribution < 1.29 is 29.7 Å². The lowest BCUT2D eigenvalue weighted by atomic mass is 9.67. The average Bonchev–Trinajstić information content (AvgIpc) is 3.24. The number of phenols is 3. The predicted molar refractivity (Wildman–Crippen MR) is 222 cm³/mol. The van der Waals surface area contributed by atoms with Crippen LogP contribution in [0.5, 0.6) is 17.2 Å². The summed E-state index contributed by atoms with van der Waals surface area (Å²) in [7, 11) is 0. The molecule has 6 nitrogen and oxygen atoms in total. The standard InChI is InChI=1S/C50H58O6/c1-49(2,40-23-35(29-51)46(54)43(26-40)32-13-7-4-8-14-32)38-19-21-39(22-20-38)50(3,41-24-36(30-52)47(55)44(27-41)33-15-9-5-10-16-33)42-25-37(31-53)48(56)45(28-42)34-17-11-6-12-18-34/h19-34,54-56H,4-18H2,1-3H3. The first-order chi connectivity index (χ1) is 27.0. The zero-order valence-corrected chi connectivity index (χ0v) is 33.4. The Labute approximate surface area is 332 Å². The minimum atomic E-state index is -0.885. The van der Waals surface area contributed by atoms with Crippen LogP contribution in [0, 0.1) is 0 Å². The van der Waals surface area contributed by atoms with Gasteiger partial charge in [0.05, 0.1) is 16.7 Å². The van der Waals surface area contributed by atoms with Gasteiger partial charge in [-0.1, -0.05) is 114 Å². The van der Waals surface area contributed by atoms with E-state index in [4.69, 9.17) is 0 Å². The molecule has 3 N–H and O–H groups in total. The van der Waals surface area contributed by atoms with Gasteiger partial charge in [0.25, 0.3) is 0 Å². The molecule has 56 heavy (non-hydrogen) atoms. The smallest absolute Gasteiger partial charge is 0.153 e. The lowest BCUT2D eigenvalue weighted by Crippen LogP contribution is -2.27. The zero-order valence-electron chi connectivity index (χ0n) is 33.4. The SMILES string of the molecule is CC(C)(c1ccc(C(C)(c2cc(C=O)c(O)c(C3CCCCC3)c2)c2cc(C=O)c(O)c(C3CCCCC3)c2)cc1)c1cc(C=O)c(O)c(C2CCCCC2)c1. The fourth-order valence-electron chi connectivity index (χ4n) is 10.3. The number of carbonyl (C=O) groups excluding carboxylic acids is 3. The summed E-state index contributed by atoms with van der Waals surface area (Å²) >= 11 is 0. The zero-order chi connectivity index (χ0) is 39.6. The molecule has 294 valence electrons. The largest absolute Gasteiger partial charge is 0.507 e. The molecule has 7 rings (SSSR count). The maximum atomic E-state index is 12.6. The molecule has 3 fully saturated rings. The number of rotatable bonds is 11. The first-order valence-electron chi connectivity index (χ1n) is 21.1. The van der Waals surface area contributed by atoms with Crippen molar-refractivity contribution in [2.45, 2.75) is 146 Å². The van der Waals surface area contributed by atoms with Crippen LogP contribution in [0.2, 0.25) is 0 Å². The Kier molecular flexibility index (Phi) is 11.6. The van der Waals surface area contributed by atoms with Crippen LogP contribution in [0.15, 0.2) is 60.7 Å². The fraction of sp³-hybridized carbons (Fsp3) is 0.460. The second kappa shape index (κ2) is 16.4. The number of aromatic hydroxyl groups is 3. The third-order valence-corrected chi connectivity index (χ3v) is 14.1. The molecule has 0 bridgehead atoms. The second-order valence-corrected chi connectivity index (χ2v) is 17.7. The van der Waals surface area contributed by atoms with E-state index in [9.17, 15) is 29.7 Å². The van der Waals surface area contributed by atoms with Crippen molar-refractivity contribution in [3.8, 4) is 17.2 Å². The van der Waals surface area contributed by atoms with Gasteiger partial charge in [-0.3, -0.25) is 14.4 Å². The van der Waals surface area contributed by atoms with E-state index < -0.39 is 10.8 Å². The van der Waals surface area contributed by atoms with Crippen molar-refractivity contribution in [2.24, 2.45) is 0 Å². The van der Waals surface area contributed by atoms with Gasteiger partial charge in [-0.05, 0) is 126 Å². The number of aldehydes is 3. The maximum Gasteiger partial charge on any atom is 0.153 e. The highest BCUT2D eigenvalue weighted by molar-refractivity contribution is 5.83. The van der Waals surface area contributed by atoms with E-state index in [-0.39, 0.29) is 46.1 Å². The second-order valence-electron chi connectivity index (χ2n) is 17.7. The molecule has 0 atom stereocenters. The van der Waals surface area contributed by atoms with Gasteiger partial charge in [-0.2, -0.15) is 0 Å². The van der Waals surface area contributed by atoms with Crippen LogP contribution in [0.4, 0.5) is 0 Å². The van der Waals surface area contributed by atoms with E-state index in [1.54, 1.807) is 12.1 Å². The maximum absolute atomic E-state index is 12.6.